The largest absolute Gasteiger partial charge is 0.383 e. The van der Waals surface area contributed by atoms with E-state index in [1.54, 1.807) is 12.1 Å². The average molecular weight is 156 g/mol. The van der Waals surface area contributed by atoms with Crippen LogP contribution < -0.4 is 0 Å². The van der Waals surface area contributed by atoms with Crippen LogP contribution in [0.2, 0.25) is 0 Å². The first-order chi connectivity index (χ1) is 5.20. The molecule has 11 heavy (non-hydrogen) atoms. The third-order valence-corrected chi connectivity index (χ3v) is 1.11. The molecular weight excluding hydrogens is 140 g/mol. The van der Waals surface area contributed by atoms with Crippen LogP contribution in [0.15, 0.2) is 16.9 Å². The molecule has 3 heteroatoms. The third-order valence-electron chi connectivity index (χ3n) is 1.11. The predicted molar refractivity (Wildman–Crippen MR) is 47.6 cm³/mol. The van der Waals surface area contributed by atoms with Crippen molar-refractivity contribution in [3.63, 3.8) is 0 Å². The molecule has 64 valence electrons. The van der Waals surface area contributed by atoms with Crippen molar-refractivity contribution in [3.05, 3.63) is 11.8 Å². The van der Waals surface area contributed by atoms with Crippen molar-refractivity contribution in [1.29, 1.82) is 0 Å². The summed E-state index contributed by atoms with van der Waals surface area (Å²) < 4.78 is 4.90. The first-order valence-corrected chi connectivity index (χ1v) is 3.58. The Morgan fingerprint density at radius 1 is 1.64 bits per heavy atom. The lowest BCUT2D eigenvalue weighted by molar-refractivity contribution is 0.171. The Kier molecular flexibility index (Phi) is 5.47. The van der Waals surface area contributed by atoms with Gasteiger partial charge in [-0.2, -0.15) is 5.10 Å². The van der Waals surface area contributed by atoms with Crippen LogP contribution in [0.1, 0.15) is 13.8 Å². The molecule has 0 aromatic carbocycles. The van der Waals surface area contributed by atoms with Crippen LogP contribution in [0.4, 0.5) is 0 Å². The molecule has 0 amide bonds. The van der Waals surface area contributed by atoms with Crippen molar-refractivity contribution in [3.8, 4) is 0 Å². The van der Waals surface area contributed by atoms with Gasteiger partial charge in [-0.25, -0.2) is 0 Å². The summed E-state index contributed by atoms with van der Waals surface area (Å²) in [5.74, 6) is 0. The second kappa shape index (κ2) is 5.92. The van der Waals surface area contributed by atoms with Crippen LogP contribution in [-0.4, -0.2) is 32.0 Å². The van der Waals surface area contributed by atoms with Crippen molar-refractivity contribution in [1.82, 2.24) is 5.01 Å². The van der Waals surface area contributed by atoms with E-state index >= 15 is 0 Å². The Hall–Kier alpha value is -0.830. The molecule has 0 saturated carbocycles. The molecule has 0 saturated heterocycles. The zero-order valence-electron chi connectivity index (χ0n) is 7.50. The molecule has 0 aromatic rings. The molecule has 0 aliphatic carbocycles. The number of allylic oxidation sites excluding steroid dienone is 1. The second-order valence-corrected chi connectivity index (χ2v) is 2.50. The minimum atomic E-state index is 0.669. The van der Waals surface area contributed by atoms with Crippen molar-refractivity contribution >= 4 is 6.72 Å². The van der Waals surface area contributed by atoms with Crippen LogP contribution in [0, 0.1) is 0 Å². The lowest BCUT2D eigenvalue weighted by Crippen LogP contribution is -2.15. The van der Waals surface area contributed by atoms with Crippen LogP contribution in [0.25, 0.3) is 0 Å². The maximum absolute atomic E-state index is 4.90. The van der Waals surface area contributed by atoms with Gasteiger partial charge in [0.15, 0.2) is 0 Å². The van der Waals surface area contributed by atoms with E-state index in [4.69, 9.17) is 4.74 Å². The number of nitrogens with zero attached hydrogens (tertiary/aromatic N) is 2. The number of methoxy groups -OCH3 is 1. The molecule has 3 nitrogen and oxygen atoms in total. The maximum Gasteiger partial charge on any atom is 0.0658 e. The normalized spacial score (nSPS) is 9.00. The van der Waals surface area contributed by atoms with E-state index in [0.717, 1.165) is 6.54 Å². The maximum atomic E-state index is 4.90. The Morgan fingerprint density at radius 3 is 2.64 bits per heavy atom. The lowest BCUT2D eigenvalue weighted by Gasteiger charge is -2.12. The highest BCUT2D eigenvalue weighted by molar-refractivity contribution is 5.22. The number of hydrazone groups is 1. The van der Waals surface area contributed by atoms with Gasteiger partial charge in [0.25, 0.3) is 0 Å². The van der Waals surface area contributed by atoms with Crippen molar-refractivity contribution < 1.29 is 4.74 Å². The highest BCUT2D eigenvalue weighted by Crippen LogP contribution is 1.95. The summed E-state index contributed by atoms with van der Waals surface area (Å²) in [7, 11) is 1.67. The highest BCUT2D eigenvalue weighted by atomic mass is 16.5. The standard InChI is InChI=1S/C8H16N2O/c1-8(2)7-10(9-3)5-6-11-4/h7H,3,5-6H2,1-2,4H3. The second-order valence-electron chi connectivity index (χ2n) is 2.50. The van der Waals surface area contributed by atoms with E-state index in [-0.39, 0.29) is 0 Å². The number of hydrogen-bond donors (Lipinski definition) is 0. The molecule has 0 unspecified atom stereocenters. The minimum Gasteiger partial charge on any atom is -0.383 e. The first kappa shape index (κ1) is 10.2. The van der Waals surface area contributed by atoms with Gasteiger partial charge in [0.1, 0.15) is 0 Å². The molecule has 0 N–H and O–H groups in total. The molecular formula is C8H16N2O. The zero-order chi connectivity index (χ0) is 8.69. The predicted octanol–water partition coefficient (Wildman–Crippen LogP) is 1.47. The van der Waals surface area contributed by atoms with Crippen molar-refractivity contribution in [2.24, 2.45) is 5.10 Å². The molecule has 0 radical (unpaired) electrons. The summed E-state index contributed by atoms with van der Waals surface area (Å²) in [6.07, 6.45) is 1.94. The molecule has 0 spiro atoms. The smallest absolute Gasteiger partial charge is 0.0658 e. The van der Waals surface area contributed by atoms with Gasteiger partial charge in [-0.05, 0) is 13.8 Å². The van der Waals surface area contributed by atoms with Crippen LogP contribution in [0.5, 0.6) is 0 Å². The summed E-state index contributed by atoms with van der Waals surface area (Å²) in [6, 6.07) is 0. The summed E-state index contributed by atoms with van der Waals surface area (Å²) in [6.45, 7) is 8.91. The average Bonchev–Trinajstić information content (AvgIpc) is 1.97. The summed E-state index contributed by atoms with van der Waals surface area (Å²) in [4.78, 5) is 0. The molecule has 0 heterocycles. The Labute approximate surface area is 68.3 Å². The lowest BCUT2D eigenvalue weighted by atomic mass is 10.4. The van der Waals surface area contributed by atoms with Crippen LogP contribution >= 0.6 is 0 Å². The van der Waals surface area contributed by atoms with Gasteiger partial charge in [-0.3, -0.25) is 5.01 Å². The van der Waals surface area contributed by atoms with E-state index in [2.05, 4.69) is 11.8 Å². The van der Waals surface area contributed by atoms with Crippen LogP contribution in [-0.2, 0) is 4.74 Å². The topological polar surface area (TPSA) is 24.8 Å². The molecule has 0 aromatic heterocycles. The quantitative estimate of drug-likeness (QED) is 0.445. The van der Waals surface area contributed by atoms with Gasteiger partial charge in [0.2, 0.25) is 0 Å². The fraction of sp³-hybridized carbons (Fsp3) is 0.625. The highest BCUT2D eigenvalue weighted by Gasteiger charge is 1.93. The minimum absolute atomic E-state index is 0.669. The summed E-state index contributed by atoms with van der Waals surface area (Å²) in [5, 5.41) is 5.56. The Bertz CT molecular complexity index is 139. The van der Waals surface area contributed by atoms with Gasteiger partial charge in [0.05, 0.1) is 13.2 Å². The third kappa shape index (κ3) is 5.61. The van der Waals surface area contributed by atoms with E-state index in [0.29, 0.717) is 6.61 Å². The van der Waals surface area contributed by atoms with Crippen molar-refractivity contribution in [2.45, 2.75) is 13.8 Å². The van der Waals surface area contributed by atoms with Crippen molar-refractivity contribution in [2.75, 3.05) is 20.3 Å². The summed E-state index contributed by atoms with van der Waals surface area (Å²) >= 11 is 0. The molecule has 0 rings (SSSR count). The summed E-state index contributed by atoms with van der Waals surface area (Å²) in [5.41, 5.74) is 1.20. The molecule has 0 fully saturated rings. The van der Waals surface area contributed by atoms with Gasteiger partial charge in [0, 0.05) is 20.0 Å². The molecule has 0 bridgehead atoms. The monoisotopic (exact) mass is 156 g/mol. The number of ether oxygens (including phenoxy) is 1. The molecule has 0 aliphatic heterocycles. The van der Waals surface area contributed by atoms with E-state index < -0.39 is 0 Å². The Morgan fingerprint density at radius 2 is 2.27 bits per heavy atom. The number of rotatable bonds is 5. The van der Waals surface area contributed by atoms with Gasteiger partial charge in [-0.1, -0.05) is 5.57 Å². The van der Waals surface area contributed by atoms with E-state index in [1.165, 1.54) is 5.57 Å². The van der Waals surface area contributed by atoms with Gasteiger partial charge in [-0.15, -0.1) is 0 Å². The van der Waals surface area contributed by atoms with Crippen LogP contribution in [0.3, 0.4) is 0 Å². The fourth-order valence-corrected chi connectivity index (χ4v) is 0.659. The zero-order valence-corrected chi connectivity index (χ0v) is 7.50. The Balaban J connectivity index is 3.76. The SMILES string of the molecule is C=NN(C=C(C)C)CCOC. The fourth-order valence-electron chi connectivity index (χ4n) is 0.659. The molecule has 0 atom stereocenters. The van der Waals surface area contributed by atoms with E-state index in [1.807, 2.05) is 20.0 Å². The van der Waals surface area contributed by atoms with E-state index in [9.17, 15) is 0 Å². The van der Waals surface area contributed by atoms with Gasteiger partial charge < -0.3 is 4.74 Å². The first-order valence-electron chi connectivity index (χ1n) is 3.58. The molecule has 0 aliphatic rings. The number of hydrogen-bond acceptors (Lipinski definition) is 3. The van der Waals surface area contributed by atoms with Gasteiger partial charge >= 0.3 is 0 Å².